The summed E-state index contributed by atoms with van der Waals surface area (Å²) in [4.78, 5) is 14.0. The van der Waals surface area contributed by atoms with E-state index in [1.807, 2.05) is 31.2 Å². The number of amides is 1. The van der Waals surface area contributed by atoms with Gasteiger partial charge in [0, 0.05) is 5.92 Å². The fourth-order valence-corrected chi connectivity index (χ4v) is 4.34. The zero-order chi connectivity index (χ0) is 16.1. The number of nitrogens with one attached hydrogen (secondary N) is 2. The monoisotopic (exact) mass is 317 g/mol. The molecule has 3 atom stereocenters. The number of fused-ring (bicyclic) bond motifs is 1. The summed E-state index contributed by atoms with van der Waals surface area (Å²) in [6.07, 6.45) is 8.00. The molecular formula is C19H29N2O2+. The van der Waals surface area contributed by atoms with Crippen LogP contribution in [0.2, 0.25) is 0 Å². The maximum Gasteiger partial charge on any atom is 0.279 e. The minimum atomic E-state index is 0.110. The standard InChI is InChI=1S/C19H28N2O2/c1-2-23-18-12-6-4-10-16(18)20-19(22)14-21-13-7-9-15-8-3-5-11-17(15)21/h4,6,10,12,15,17H,2-3,5,7-9,11,13-14H2,1H3,(H,20,22)/p+1/t15-,17-/m0/s1. The molecule has 2 fully saturated rings. The third kappa shape index (κ3) is 4.05. The molecule has 3 rings (SSSR count). The van der Waals surface area contributed by atoms with Crippen LogP contribution >= 0.6 is 0 Å². The lowest BCUT2D eigenvalue weighted by Gasteiger charge is -2.40. The molecule has 0 aromatic heterocycles. The third-order valence-electron chi connectivity index (χ3n) is 5.35. The van der Waals surface area contributed by atoms with Crippen LogP contribution in [0.3, 0.4) is 0 Å². The maximum atomic E-state index is 12.5. The fourth-order valence-electron chi connectivity index (χ4n) is 4.34. The molecule has 1 amide bonds. The van der Waals surface area contributed by atoms with Gasteiger partial charge in [0.15, 0.2) is 6.54 Å². The minimum absolute atomic E-state index is 0.110. The molecule has 1 saturated carbocycles. The number of anilines is 1. The Morgan fingerprint density at radius 3 is 2.87 bits per heavy atom. The number of rotatable bonds is 5. The second kappa shape index (κ2) is 7.82. The van der Waals surface area contributed by atoms with E-state index >= 15 is 0 Å². The Morgan fingerprint density at radius 2 is 2.00 bits per heavy atom. The molecule has 4 heteroatoms. The van der Waals surface area contributed by atoms with Crippen LogP contribution in [0.1, 0.15) is 45.4 Å². The largest absolute Gasteiger partial charge is 0.492 e. The van der Waals surface area contributed by atoms with Gasteiger partial charge in [-0.25, -0.2) is 0 Å². The molecule has 1 aliphatic heterocycles. The van der Waals surface area contributed by atoms with Crippen molar-refractivity contribution >= 4 is 11.6 Å². The lowest BCUT2D eigenvalue weighted by molar-refractivity contribution is -0.928. The Hall–Kier alpha value is -1.55. The highest BCUT2D eigenvalue weighted by Crippen LogP contribution is 2.28. The van der Waals surface area contributed by atoms with Gasteiger partial charge < -0.3 is 15.0 Å². The summed E-state index contributed by atoms with van der Waals surface area (Å²) in [5, 5.41) is 3.05. The highest BCUT2D eigenvalue weighted by Gasteiger charge is 2.37. The number of quaternary nitrogens is 1. The van der Waals surface area contributed by atoms with Crippen molar-refractivity contribution in [2.75, 3.05) is 25.0 Å². The SMILES string of the molecule is CCOc1ccccc1NC(=O)C[NH+]1CCC[C@@H]2CCCC[C@@H]21. The average Bonchev–Trinajstić information content (AvgIpc) is 2.57. The van der Waals surface area contributed by atoms with Gasteiger partial charge in [0.2, 0.25) is 0 Å². The zero-order valence-electron chi connectivity index (χ0n) is 14.1. The number of para-hydroxylation sites is 2. The van der Waals surface area contributed by atoms with E-state index in [-0.39, 0.29) is 5.91 Å². The van der Waals surface area contributed by atoms with E-state index in [0.29, 0.717) is 19.2 Å². The Kier molecular flexibility index (Phi) is 5.55. The number of benzene rings is 1. The number of hydrogen-bond donors (Lipinski definition) is 2. The van der Waals surface area contributed by atoms with Gasteiger partial charge in [-0.2, -0.15) is 0 Å². The summed E-state index contributed by atoms with van der Waals surface area (Å²) in [6.45, 7) is 4.29. The summed E-state index contributed by atoms with van der Waals surface area (Å²) >= 11 is 0. The van der Waals surface area contributed by atoms with Gasteiger partial charge in [-0.05, 0) is 51.2 Å². The molecule has 126 valence electrons. The minimum Gasteiger partial charge on any atom is -0.492 e. The van der Waals surface area contributed by atoms with Crippen molar-refractivity contribution < 1.29 is 14.4 Å². The van der Waals surface area contributed by atoms with Crippen LogP contribution in [0.5, 0.6) is 5.75 Å². The van der Waals surface area contributed by atoms with Crippen LogP contribution < -0.4 is 15.0 Å². The van der Waals surface area contributed by atoms with Crippen molar-refractivity contribution in [3.8, 4) is 5.75 Å². The molecule has 1 aromatic carbocycles. The van der Waals surface area contributed by atoms with E-state index in [1.165, 1.54) is 43.4 Å². The molecule has 4 nitrogen and oxygen atoms in total. The molecule has 1 aromatic rings. The van der Waals surface area contributed by atoms with Gasteiger partial charge in [0.1, 0.15) is 5.75 Å². The van der Waals surface area contributed by atoms with Crippen LogP contribution in [0.25, 0.3) is 0 Å². The Labute approximate surface area is 139 Å². The molecule has 2 aliphatic rings. The fraction of sp³-hybridized carbons (Fsp3) is 0.632. The molecule has 0 spiro atoms. The lowest BCUT2D eigenvalue weighted by Crippen LogP contribution is -3.18. The highest BCUT2D eigenvalue weighted by molar-refractivity contribution is 5.92. The van der Waals surface area contributed by atoms with E-state index in [2.05, 4.69) is 5.32 Å². The Morgan fingerprint density at radius 1 is 1.22 bits per heavy atom. The normalized spacial score (nSPS) is 27.1. The number of likely N-dealkylation sites (tertiary alicyclic amines) is 1. The quantitative estimate of drug-likeness (QED) is 0.875. The number of carbonyl (C=O) groups excluding carboxylic acids is 1. The molecular weight excluding hydrogens is 288 g/mol. The highest BCUT2D eigenvalue weighted by atomic mass is 16.5. The van der Waals surface area contributed by atoms with E-state index in [1.54, 1.807) is 0 Å². The van der Waals surface area contributed by atoms with E-state index in [0.717, 1.165) is 23.9 Å². The predicted molar refractivity (Wildman–Crippen MR) is 91.9 cm³/mol. The summed E-state index contributed by atoms with van der Waals surface area (Å²) in [5.74, 6) is 1.71. The molecule has 23 heavy (non-hydrogen) atoms. The van der Waals surface area contributed by atoms with Crippen LogP contribution in [-0.4, -0.2) is 31.6 Å². The van der Waals surface area contributed by atoms with Crippen LogP contribution in [0.4, 0.5) is 5.69 Å². The summed E-state index contributed by atoms with van der Waals surface area (Å²) in [7, 11) is 0. The van der Waals surface area contributed by atoms with Crippen LogP contribution in [0.15, 0.2) is 24.3 Å². The summed E-state index contributed by atoms with van der Waals surface area (Å²) < 4.78 is 5.59. The number of carbonyl (C=O) groups is 1. The van der Waals surface area contributed by atoms with Gasteiger partial charge in [0.25, 0.3) is 5.91 Å². The summed E-state index contributed by atoms with van der Waals surface area (Å²) in [6, 6.07) is 8.39. The summed E-state index contributed by atoms with van der Waals surface area (Å²) in [5.41, 5.74) is 0.788. The zero-order valence-corrected chi connectivity index (χ0v) is 14.1. The van der Waals surface area contributed by atoms with E-state index < -0.39 is 0 Å². The molecule has 0 radical (unpaired) electrons. The molecule has 1 unspecified atom stereocenters. The van der Waals surface area contributed by atoms with Crippen molar-refractivity contribution in [2.45, 2.75) is 51.5 Å². The first-order valence-corrected chi connectivity index (χ1v) is 9.14. The van der Waals surface area contributed by atoms with E-state index in [4.69, 9.17) is 4.74 Å². The van der Waals surface area contributed by atoms with Crippen molar-refractivity contribution in [3.05, 3.63) is 24.3 Å². The third-order valence-corrected chi connectivity index (χ3v) is 5.35. The second-order valence-corrected chi connectivity index (χ2v) is 6.86. The Bertz CT molecular complexity index is 530. The first-order valence-electron chi connectivity index (χ1n) is 9.14. The first kappa shape index (κ1) is 16.3. The van der Waals surface area contributed by atoms with Gasteiger partial charge in [-0.1, -0.05) is 18.6 Å². The van der Waals surface area contributed by atoms with Gasteiger partial charge in [-0.3, -0.25) is 4.79 Å². The number of hydrogen-bond acceptors (Lipinski definition) is 2. The average molecular weight is 317 g/mol. The van der Waals surface area contributed by atoms with Crippen LogP contribution in [0, 0.1) is 5.92 Å². The molecule has 1 heterocycles. The van der Waals surface area contributed by atoms with Crippen molar-refractivity contribution in [1.29, 1.82) is 0 Å². The molecule has 1 saturated heterocycles. The molecule has 1 aliphatic carbocycles. The predicted octanol–water partition coefficient (Wildman–Crippen LogP) is 2.26. The second-order valence-electron chi connectivity index (χ2n) is 6.86. The Balaban J connectivity index is 1.60. The first-order chi connectivity index (χ1) is 11.3. The smallest absolute Gasteiger partial charge is 0.279 e. The molecule has 0 bridgehead atoms. The van der Waals surface area contributed by atoms with Crippen LogP contribution in [-0.2, 0) is 4.79 Å². The molecule has 2 N–H and O–H groups in total. The van der Waals surface area contributed by atoms with Gasteiger partial charge in [-0.15, -0.1) is 0 Å². The maximum absolute atomic E-state index is 12.5. The number of piperidine rings is 1. The van der Waals surface area contributed by atoms with Crippen molar-refractivity contribution in [2.24, 2.45) is 5.92 Å². The topological polar surface area (TPSA) is 42.8 Å². The van der Waals surface area contributed by atoms with Gasteiger partial charge >= 0.3 is 0 Å². The van der Waals surface area contributed by atoms with Crippen molar-refractivity contribution in [3.63, 3.8) is 0 Å². The number of ether oxygens (including phenoxy) is 1. The van der Waals surface area contributed by atoms with E-state index in [9.17, 15) is 4.79 Å². The lowest BCUT2D eigenvalue weighted by atomic mass is 9.78. The van der Waals surface area contributed by atoms with Gasteiger partial charge in [0.05, 0.1) is 24.9 Å². The van der Waals surface area contributed by atoms with Crippen molar-refractivity contribution in [1.82, 2.24) is 0 Å².